The lowest BCUT2D eigenvalue weighted by Crippen LogP contribution is -2.32. The van der Waals surface area contributed by atoms with Crippen LogP contribution in [0.25, 0.3) is 10.8 Å². The molecule has 7 heteroatoms. The monoisotopic (exact) mass is 448 g/mol. The van der Waals surface area contributed by atoms with Crippen LogP contribution in [0.15, 0.2) is 66.7 Å². The average Bonchev–Trinajstić information content (AvgIpc) is 2.76. The van der Waals surface area contributed by atoms with Crippen LogP contribution in [0.5, 0.6) is 0 Å². The lowest BCUT2D eigenvalue weighted by Gasteiger charge is -2.19. The van der Waals surface area contributed by atoms with E-state index in [-0.39, 0.29) is 6.42 Å². The molecule has 2 amide bonds. The lowest BCUT2D eigenvalue weighted by molar-refractivity contribution is -0.148. The predicted molar refractivity (Wildman–Crippen MR) is 128 cm³/mol. The smallest absolute Gasteiger partial charge is 0.412 e. The number of hydrogen-bond donors (Lipinski definition) is 2. The van der Waals surface area contributed by atoms with Crippen molar-refractivity contribution < 1.29 is 23.9 Å². The third-order valence-corrected chi connectivity index (χ3v) is 4.85. The van der Waals surface area contributed by atoms with Gasteiger partial charge in [0.15, 0.2) is 0 Å². The van der Waals surface area contributed by atoms with Gasteiger partial charge in [-0.1, -0.05) is 42.5 Å². The van der Waals surface area contributed by atoms with Crippen molar-refractivity contribution in [1.29, 1.82) is 0 Å². The second kappa shape index (κ2) is 10.2. The van der Waals surface area contributed by atoms with Gasteiger partial charge in [0.25, 0.3) is 0 Å². The molecular formula is C26H28N2O5. The molecule has 0 fully saturated rings. The normalized spacial score (nSPS) is 12.0. The Kier molecular flexibility index (Phi) is 7.33. The van der Waals surface area contributed by atoms with Crippen molar-refractivity contribution in [2.24, 2.45) is 5.92 Å². The highest BCUT2D eigenvalue weighted by Crippen LogP contribution is 2.21. The van der Waals surface area contributed by atoms with Crippen molar-refractivity contribution in [3.63, 3.8) is 0 Å². The van der Waals surface area contributed by atoms with Crippen LogP contribution in [-0.4, -0.2) is 30.7 Å². The van der Waals surface area contributed by atoms with Crippen LogP contribution < -0.4 is 10.6 Å². The number of carbonyl (C=O) groups is 3. The summed E-state index contributed by atoms with van der Waals surface area (Å²) in [6.07, 6.45) is -0.359. The summed E-state index contributed by atoms with van der Waals surface area (Å²) in [5.41, 5.74) is 1.26. The fourth-order valence-corrected chi connectivity index (χ4v) is 3.31. The van der Waals surface area contributed by atoms with E-state index in [4.69, 9.17) is 9.47 Å². The van der Waals surface area contributed by atoms with Crippen molar-refractivity contribution in [2.75, 3.05) is 17.7 Å². The second-order valence-corrected chi connectivity index (χ2v) is 8.65. The highest BCUT2D eigenvalue weighted by Gasteiger charge is 2.28. The number of anilines is 2. The van der Waals surface area contributed by atoms with Crippen LogP contribution in [0, 0.1) is 5.92 Å². The van der Waals surface area contributed by atoms with E-state index in [1.807, 2.05) is 42.5 Å². The van der Waals surface area contributed by atoms with Gasteiger partial charge in [0.2, 0.25) is 5.91 Å². The van der Waals surface area contributed by atoms with Gasteiger partial charge in [0.05, 0.1) is 7.11 Å². The summed E-state index contributed by atoms with van der Waals surface area (Å²) in [5, 5.41) is 7.50. The van der Waals surface area contributed by atoms with E-state index in [0.29, 0.717) is 11.4 Å². The summed E-state index contributed by atoms with van der Waals surface area (Å²) in [4.78, 5) is 37.1. The number of esters is 1. The third kappa shape index (κ3) is 6.80. The second-order valence-electron chi connectivity index (χ2n) is 8.65. The molecule has 1 unspecified atom stereocenters. The third-order valence-electron chi connectivity index (χ3n) is 4.85. The molecule has 172 valence electrons. The zero-order chi connectivity index (χ0) is 24.0. The fourth-order valence-electron chi connectivity index (χ4n) is 3.31. The highest BCUT2D eigenvalue weighted by molar-refractivity contribution is 6.05. The Balaban J connectivity index is 1.68. The quantitative estimate of drug-likeness (QED) is 0.401. The Morgan fingerprint density at radius 3 is 2.06 bits per heavy atom. The van der Waals surface area contributed by atoms with Crippen molar-refractivity contribution >= 4 is 40.1 Å². The molecular weight excluding hydrogens is 420 g/mol. The first-order valence-electron chi connectivity index (χ1n) is 10.6. The molecule has 0 aliphatic rings. The maximum atomic E-state index is 12.9. The Labute approximate surface area is 193 Å². The maximum absolute atomic E-state index is 12.9. The molecule has 1 atom stereocenters. The molecule has 0 aromatic heterocycles. The molecule has 33 heavy (non-hydrogen) atoms. The van der Waals surface area contributed by atoms with E-state index in [9.17, 15) is 14.4 Å². The maximum Gasteiger partial charge on any atom is 0.412 e. The Bertz CT molecular complexity index is 1150. The van der Waals surface area contributed by atoms with Crippen molar-refractivity contribution in [1.82, 2.24) is 0 Å². The molecule has 2 N–H and O–H groups in total. The molecule has 3 aromatic rings. The molecule has 0 aliphatic carbocycles. The molecule has 0 heterocycles. The van der Waals surface area contributed by atoms with E-state index < -0.39 is 29.5 Å². The summed E-state index contributed by atoms with van der Waals surface area (Å²) < 4.78 is 10.1. The predicted octanol–water partition coefficient (Wildman–Crippen LogP) is 5.16. The van der Waals surface area contributed by atoms with Crippen LogP contribution in [-0.2, 0) is 25.5 Å². The van der Waals surface area contributed by atoms with Gasteiger partial charge in [-0.15, -0.1) is 0 Å². The minimum Gasteiger partial charge on any atom is -0.468 e. The van der Waals surface area contributed by atoms with Gasteiger partial charge in [-0.2, -0.15) is 0 Å². The van der Waals surface area contributed by atoms with Crippen LogP contribution >= 0.6 is 0 Å². The van der Waals surface area contributed by atoms with E-state index in [0.717, 1.165) is 16.3 Å². The average molecular weight is 449 g/mol. The van der Waals surface area contributed by atoms with Gasteiger partial charge in [-0.3, -0.25) is 14.9 Å². The molecule has 0 spiro atoms. The zero-order valence-electron chi connectivity index (χ0n) is 19.2. The van der Waals surface area contributed by atoms with Crippen molar-refractivity contribution in [3.05, 3.63) is 72.3 Å². The lowest BCUT2D eigenvalue weighted by atomic mass is 9.96. The molecule has 3 aromatic carbocycles. The number of amides is 2. The van der Waals surface area contributed by atoms with Crippen LogP contribution in [0.2, 0.25) is 0 Å². The summed E-state index contributed by atoms with van der Waals surface area (Å²) in [6, 6.07) is 20.3. The summed E-state index contributed by atoms with van der Waals surface area (Å²) >= 11 is 0. The molecule has 0 saturated carbocycles. The zero-order valence-corrected chi connectivity index (χ0v) is 19.2. The molecule has 0 radical (unpaired) electrons. The highest BCUT2D eigenvalue weighted by atomic mass is 16.6. The van der Waals surface area contributed by atoms with Crippen LogP contribution in [0.1, 0.15) is 26.3 Å². The number of benzene rings is 3. The van der Waals surface area contributed by atoms with E-state index in [1.54, 1.807) is 45.0 Å². The fraction of sp³-hybridized carbons (Fsp3) is 0.269. The number of nitrogens with one attached hydrogen (secondary N) is 2. The van der Waals surface area contributed by atoms with Gasteiger partial charge >= 0.3 is 12.1 Å². The summed E-state index contributed by atoms with van der Waals surface area (Å²) in [5.74, 6) is -2.08. The standard InChI is InChI=1S/C26H28N2O5/c1-26(2,3)33-25(31)28-21-13-11-20(12-14-21)27-23(29)22(24(30)32-4)16-17-9-10-18-7-5-6-8-19(18)15-17/h5-15,22H,16H2,1-4H3,(H,27,29)(H,28,31). The first-order valence-corrected chi connectivity index (χ1v) is 10.6. The number of rotatable bonds is 6. The number of hydrogen-bond acceptors (Lipinski definition) is 5. The Hall–Kier alpha value is -3.87. The minimum absolute atomic E-state index is 0.210. The number of carbonyl (C=O) groups excluding carboxylic acids is 3. The van der Waals surface area contributed by atoms with Gasteiger partial charge in [0, 0.05) is 11.4 Å². The first kappa shape index (κ1) is 23.8. The SMILES string of the molecule is COC(=O)C(Cc1ccc2ccccc2c1)C(=O)Nc1ccc(NC(=O)OC(C)(C)C)cc1. The molecule has 0 saturated heterocycles. The Morgan fingerprint density at radius 2 is 1.45 bits per heavy atom. The topological polar surface area (TPSA) is 93.7 Å². The number of fused-ring (bicyclic) bond motifs is 1. The summed E-state index contributed by atoms with van der Waals surface area (Å²) in [6.45, 7) is 5.34. The van der Waals surface area contributed by atoms with Gasteiger partial charge in [-0.25, -0.2) is 4.79 Å². The van der Waals surface area contributed by atoms with Crippen molar-refractivity contribution in [2.45, 2.75) is 32.8 Å². The van der Waals surface area contributed by atoms with Gasteiger partial charge < -0.3 is 14.8 Å². The Morgan fingerprint density at radius 1 is 0.848 bits per heavy atom. The van der Waals surface area contributed by atoms with E-state index in [2.05, 4.69) is 10.6 Å². The summed E-state index contributed by atoms with van der Waals surface area (Å²) in [7, 11) is 1.26. The molecule has 0 aliphatic heterocycles. The molecule has 0 bridgehead atoms. The van der Waals surface area contributed by atoms with Gasteiger partial charge in [0.1, 0.15) is 11.5 Å². The molecule has 7 nitrogen and oxygen atoms in total. The number of ether oxygens (including phenoxy) is 2. The molecule has 3 rings (SSSR count). The van der Waals surface area contributed by atoms with E-state index >= 15 is 0 Å². The van der Waals surface area contributed by atoms with E-state index in [1.165, 1.54) is 7.11 Å². The minimum atomic E-state index is -1.00. The largest absolute Gasteiger partial charge is 0.468 e. The van der Waals surface area contributed by atoms with Crippen LogP contribution in [0.4, 0.5) is 16.2 Å². The van der Waals surface area contributed by atoms with Gasteiger partial charge in [-0.05, 0) is 67.8 Å². The first-order chi connectivity index (χ1) is 15.6. The van der Waals surface area contributed by atoms with Crippen molar-refractivity contribution in [3.8, 4) is 0 Å². The van der Waals surface area contributed by atoms with Crippen LogP contribution in [0.3, 0.4) is 0 Å². The number of methoxy groups -OCH3 is 1.